The zero-order valence-electron chi connectivity index (χ0n) is 12.9. The van der Waals surface area contributed by atoms with E-state index in [1.165, 1.54) is 12.3 Å². The summed E-state index contributed by atoms with van der Waals surface area (Å²) in [7, 11) is 0. The summed E-state index contributed by atoms with van der Waals surface area (Å²) in [5.41, 5.74) is 4.79. The first kappa shape index (κ1) is 21.5. The van der Waals surface area contributed by atoms with Crippen molar-refractivity contribution in [2.75, 3.05) is 13.2 Å². The van der Waals surface area contributed by atoms with E-state index in [1.54, 1.807) is 0 Å². The van der Waals surface area contributed by atoms with Crippen molar-refractivity contribution in [2.24, 2.45) is 11.7 Å². The Morgan fingerprint density at radius 1 is 1.48 bits per heavy atom. The molecule has 0 saturated carbocycles. The highest BCUT2D eigenvalue weighted by molar-refractivity contribution is 5.85. The highest BCUT2D eigenvalue weighted by Crippen LogP contribution is 2.34. The van der Waals surface area contributed by atoms with Crippen molar-refractivity contribution in [1.82, 2.24) is 10.3 Å². The summed E-state index contributed by atoms with van der Waals surface area (Å²) in [4.78, 5) is 15.3. The Labute approximate surface area is 139 Å². The monoisotopic (exact) mass is 355 g/mol. The van der Waals surface area contributed by atoms with Crippen LogP contribution in [0.3, 0.4) is 0 Å². The number of hydrogen-bond acceptors (Lipinski definition) is 4. The Morgan fingerprint density at radius 3 is 2.70 bits per heavy atom. The molecule has 3 N–H and O–H groups in total. The fraction of sp³-hybridized carbons (Fsp3) is 0.571. The minimum absolute atomic E-state index is 0. The van der Waals surface area contributed by atoms with Crippen LogP contribution in [-0.4, -0.2) is 30.1 Å². The van der Waals surface area contributed by atoms with E-state index in [2.05, 4.69) is 10.3 Å². The third-order valence-corrected chi connectivity index (χ3v) is 3.28. The van der Waals surface area contributed by atoms with Gasteiger partial charge in [0.1, 0.15) is 12.2 Å². The van der Waals surface area contributed by atoms with Crippen molar-refractivity contribution in [1.29, 1.82) is 0 Å². The number of rotatable bonds is 7. The van der Waals surface area contributed by atoms with Crippen LogP contribution in [0.25, 0.3) is 0 Å². The van der Waals surface area contributed by atoms with Gasteiger partial charge in [0.2, 0.25) is 11.8 Å². The molecule has 0 radical (unpaired) electrons. The number of carbonyl (C=O) groups excluding carboxylic acids is 1. The number of carbonyl (C=O) groups is 1. The normalized spacial score (nSPS) is 13.7. The molecule has 0 spiro atoms. The average molecular weight is 356 g/mol. The van der Waals surface area contributed by atoms with Crippen LogP contribution < -0.4 is 15.8 Å². The lowest BCUT2D eigenvalue weighted by Crippen LogP contribution is -2.45. The maximum Gasteiger partial charge on any atom is 0.421 e. The molecule has 0 aliphatic heterocycles. The maximum absolute atomic E-state index is 12.7. The molecular formula is C14H21ClF3N3O2. The number of nitrogens with one attached hydrogen (secondary N) is 1. The van der Waals surface area contributed by atoms with E-state index < -0.39 is 23.7 Å². The summed E-state index contributed by atoms with van der Waals surface area (Å²) in [6.07, 6.45) is -2.57. The minimum atomic E-state index is -4.54. The number of alkyl halides is 3. The molecule has 1 heterocycles. The zero-order chi connectivity index (χ0) is 16.8. The van der Waals surface area contributed by atoms with Crippen molar-refractivity contribution in [3.05, 3.63) is 23.9 Å². The largest absolute Gasteiger partial charge is 0.475 e. The van der Waals surface area contributed by atoms with Crippen molar-refractivity contribution in [2.45, 2.75) is 32.5 Å². The second-order valence-corrected chi connectivity index (χ2v) is 4.90. The number of hydrogen-bond donors (Lipinski definition) is 2. The Balaban J connectivity index is 0.00000484. The van der Waals surface area contributed by atoms with Crippen molar-refractivity contribution in [3.63, 3.8) is 0 Å². The number of nitrogens with two attached hydrogens (primary N) is 1. The van der Waals surface area contributed by atoms with Gasteiger partial charge in [0, 0.05) is 6.20 Å². The lowest BCUT2D eigenvalue weighted by molar-refractivity contribution is -0.139. The summed E-state index contributed by atoms with van der Waals surface area (Å²) < 4.78 is 43.1. The molecule has 0 aromatic carbocycles. The molecule has 1 rings (SSSR count). The van der Waals surface area contributed by atoms with Crippen LogP contribution >= 0.6 is 12.4 Å². The van der Waals surface area contributed by atoms with E-state index in [9.17, 15) is 18.0 Å². The molecule has 9 heteroatoms. The molecule has 2 unspecified atom stereocenters. The summed E-state index contributed by atoms with van der Waals surface area (Å²) in [6.45, 7) is 3.70. The predicted molar refractivity (Wildman–Crippen MR) is 82.4 cm³/mol. The van der Waals surface area contributed by atoms with Gasteiger partial charge in [-0.2, -0.15) is 13.2 Å². The first-order chi connectivity index (χ1) is 10.3. The van der Waals surface area contributed by atoms with Gasteiger partial charge in [0.25, 0.3) is 0 Å². The molecule has 1 aromatic heterocycles. The molecule has 0 aliphatic carbocycles. The van der Waals surface area contributed by atoms with Gasteiger partial charge in [-0.1, -0.05) is 20.3 Å². The summed E-state index contributed by atoms with van der Waals surface area (Å²) in [6, 6.07) is 1.42. The van der Waals surface area contributed by atoms with Gasteiger partial charge in [0.05, 0.1) is 12.6 Å². The lowest BCUT2D eigenvalue weighted by atomic mass is 9.99. The van der Waals surface area contributed by atoms with Gasteiger partial charge in [-0.15, -0.1) is 12.4 Å². The number of nitrogens with zero attached hydrogens (tertiary/aromatic N) is 1. The van der Waals surface area contributed by atoms with Crippen LogP contribution in [0.4, 0.5) is 13.2 Å². The van der Waals surface area contributed by atoms with Gasteiger partial charge in [-0.25, -0.2) is 4.98 Å². The van der Waals surface area contributed by atoms with E-state index >= 15 is 0 Å². The van der Waals surface area contributed by atoms with Gasteiger partial charge in [0.15, 0.2) is 0 Å². The second-order valence-electron chi connectivity index (χ2n) is 4.90. The molecule has 132 valence electrons. The fourth-order valence-electron chi connectivity index (χ4n) is 1.67. The summed E-state index contributed by atoms with van der Waals surface area (Å²) >= 11 is 0. The predicted octanol–water partition coefficient (Wildman–Crippen LogP) is 2.39. The van der Waals surface area contributed by atoms with Gasteiger partial charge < -0.3 is 15.8 Å². The average Bonchev–Trinajstić information content (AvgIpc) is 2.49. The summed E-state index contributed by atoms with van der Waals surface area (Å²) in [5, 5.41) is 2.53. The Hall–Kier alpha value is -1.54. The van der Waals surface area contributed by atoms with Crippen LogP contribution in [0, 0.1) is 5.92 Å². The van der Waals surface area contributed by atoms with Gasteiger partial charge >= 0.3 is 6.18 Å². The van der Waals surface area contributed by atoms with Gasteiger partial charge in [-0.05, 0) is 18.1 Å². The third-order valence-electron chi connectivity index (χ3n) is 3.28. The number of halogens is 4. The Morgan fingerprint density at radius 2 is 2.13 bits per heavy atom. The fourth-order valence-corrected chi connectivity index (χ4v) is 1.67. The quantitative estimate of drug-likeness (QED) is 0.736. The molecule has 0 aliphatic rings. The highest BCUT2D eigenvalue weighted by atomic mass is 35.5. The zero-order valence-corrected chi connectivity index (χ0v) is 13.7. The standard InChI is InChI=1S/C14H20F3N3O2.ClH/c1-3-9(2)11(18)12(21)19-7-8-22-13-10(14(15,16)17)5-4-6-20-13;/h4-6,9,11H,3,7-8,18H2,1-2H3,(H,19,21);1H. The van der Waals surface area contributed by atoms with Crippen LogP contribution in [0.5, 0.6) is 5.88 Å². The second kappa shape index (κ2) is 9.57. The lowest BCUT2D eigenvalue weighted by Gasteiger charge is -2.18. The SMILES string of the molecule is CCC(C)C(N)C(=O)NCCOc1ncccc1C(F)(F)F.Cl. The molecule has 1 aromatic rings. The van der Waals surface area contributed by atoms with E-state index in [-0.39, 0.29) is 37.4 Å². The first-order valence-electron chi connectivity index (χ1n) is 6.95. The van der Waals surface area contributed by atoms with Gasteiger partial charge in [-0.3, -0.25) is 4.79 Å². The number of pyridine rings is 1. The smallest absolute Gasteiger partial charge is 0.421 e. The van der Waals surface area contributed by atoms with E-state index in [1.807, 2.05) is 13.8 Å². The first-order valence-corrected chi connectivity index (χ1v) is 6.95. The number of amides is 1. The van der Waals surface area contributed by atoms with Crippen LogP contribution in [0.2, 0.25) is 0 Å². The molecule has 0 bridgehead atoms. The summed E-state index contributed by atoms with van der Waals surface area (Å²) in [5.74, 6) is -0.834. The minimum Gasteiger partial charge on any atom is -0.475 e. The molecule has 2 atom stereocenters. The van der Waals surface area contributed by atoms with Crippen molar-refractivity contribution >= 4 is 18.3 Å². The maximum atomic E-state index is 12.7. The number of ether oxygens (including phenoxy) is 1. The molecule has 1 amide bonds. The van der Waals surface area contributed by atoms with Crippen molar-refractivity contribution < 1.29 is 22.7 Å². The molecule has 5 nitrogen and oxygen atoms in total. The molecule has 23 heavy (non-hydrogen) atoms. The third kappa shape index (κ3) is 6.62. The molecule has 0 saturated heterocycles. The van der Waals surface area contributed by atoms with E-state index in [0.717, 1.165) is 12.5 Å². The van der Waals surface area contributed by atoms with Crippen molar-refractivity contribution in [3.8, 4) is 5.88 Å². The number of aromatic nitrogens is 1. The Kier molecular flexibility index (Phi) is 8.93. The molecular weight excluding hydrogens is 335 g/mol. The van der Waals surface area contributed by atoms with E-state index in [4.69, 9.17) is 10.5 Å². The molecule has 0 fully saturated rings. The van der Waals surface area contributed by atoms with Crippen LogP contribution in [0.15, 0.2) is 18.3 Å². The highest BCUT2D eigenvalue weighted by Gasteiger charge is 2.35. The topological polar surface area (TPSA) is 77.2 Å². The van der Waals surface area contributed by atoms with Crippen LogP contribution in [-0.2, 0) is 11.0 Å². The van der Waals surface area contributed by atoms with E-state index in [0.29, 0.717) is 0 Å². The van der Waals surface area contributed by atoms with Crippen LogP contribution in [0.1, 0.15) is 25.8 Å². The Bertz CT molecular complexity index is 500.